The first-order valence-corrected chi connectivity index (χ1v) is 9.70. The molecule has 1 aromatic carbocycles. The average Bonchev–Trinajstić information content (AvgIpc) is 2.96. The minimum absolute atomic E-state index is 0.278. The number of carbonyl (C=O) groups is 1. The monoisotopic (exact) mass is 417 g/mol. The van der Waals surface area contributed by atoms with Crippen LogP contribution in [-0.4, -0.2) is 20.7 Å². The highest BCUT2D eigenvalue weighted by atomic mass is 16.5. The van der Waals surface area contributed by atoms with Gasteiger partial charge in [0.25, 0.3) is 0 Å². The van der Waals surface area contributed by atoms with Crippen molar-refractivity contribution in [3.05, 3.63) is 118 Å². The summed E-state index contributed by atoms with van der Waals surface area (Å²) >= 11 is 0. The molecule has 0 unspecified atom stereocenters. The number of benzene rings is 1. The molecule has 0 radical (unpaired) electrons. The summed E-state index contributed by atoms with van der Waals surface area (Å²) in [6.07, 6.45) is 14.6. The summed E-state index contributed by atoms with van der Waals surface area (Å²) in [7, 11) is 0. The second-order valence-electron chi connectivity index (χ2n) is 6.95. The van der Waals surface area contributed by atoms with Crippen molar-refractivity contribution >= 4 is 11.5 Å². The lowest BCUT2D eigenvalue weighted by molar-refractivity contribution is 0.0694. The average molecular weight is 417 g/mol. The molecule has 2 aromatic rings. The lowest BCUT2D eigenvalue weighted by Crippen LogP contribution is -2.18. The first kappa shape index (κ1) is 21.6. The van der Waals surface area contributed by atoms with Crippen LogP contribution in [0.3, 0.4) is 0 Å². The molecule has 0 bridgehead atoms. The fraction of sp³-hybridized carbons (Fsp3) is 0.120. The molecule has 6 nitrogen and oxygen atoms in total. The Morgan fingerprint density at radius 1 is 1.26 bits per heavy atom. The first-order chi connectivity index (χ1) is 14.9. The van der Waals surface area contributed by atoms with E-state index in [4.69, 9.17) is 4.74 Å². The fourth-order valence-corrected chi connectivity index (χ4v) is 3.25. The molecule has 0 aliphatic heterocycles. The first-order valence-electron chi connectivity index (χ1n) is 9.70. The third kappa shape index (κ3) is 5.30. The minimum Gasteiger partial charge on any atom is -0.503 e. The number of aromatic nitrogens is 1. The molecule has 0 atom stereocenters. The van der Waals surface area contributed by atoms with E-state index >= 15 is 0 Å². The molecule has 0 amide bonds. The van der Waals surface area contributed by atoms with Gasteiger partial charge in [-0.1, -0.05) is 55.1 Å². The van der Waals surface area contributed by atoms with Crippen LogP contribution in [0.1, 0.15) is 34.8 Å². The smallest absolute Gasteiger partial charge is 0.341 e. The molecule has 31 heavy (non-hydrogen) atoms. The Morgan fingerprint density at radius 3 is 2.77 bits per heavy atom. The molecule has 1 heterocycles. The Hall–Kier alpha value is -4.06. The van der Waals surface area contributed by atoms with E-state index in [0.717, 1.165) is 22.5 Å². The van der Waals surface area contributed by atoms with E-state index in [1.54, 1.807) is 6.08 Å². The number of carboxylic acids is 1. The third-order valence-electron chi connectivity index (χ3n) is 4.65. The molecular formula is C25H23NO5. The Bertz CT molecular complexity index is 1190. The highest BCUT2D eigenvalue weighted by molar-refractivity contribution is 5.87. The van der Waals surface area contributed by atoms with Gasteiger partial charge < -0.3 is 19.5 Å². The number of aromatic carboxylic acids is 1. The second kappa shape index (κ2) is 9.63. The predicted molar refractivity (Wildman–Crippen MR) is 120 cm³/mol. The molecule has 6 heteroatoms. The van der Waals surface area contributed by atoms with Gasteiger partial charge in [-0.15, -0.1) is 0 Å². The van der Waals surface area contributed by atoms with Gasteiger partial charge in [0.05, 0.1) is 6.20 Å². The molecule has 1 aliphatic carbocycles. The topological polar surface area (TPSA) is 88.8 Å². The number of allylic oxidation sites excluding steroid dienone is 7. The zero-order valence-corrected chi connectivity index (χ0v) is 17.1. The number of hydrogen-bond acceptors (Lipinski definition) is 4. The molecule has 0 saturated heterocycles. The van der Waals surface area contributed by atoms with E-state index in [1.165, 1.54) is 17.0 Å². The van der Waals surface area contributed by atoms with Crippen molar-refractivity contribution in [1.82, 2.24) is 4.57 Å². The van der Waals surface area contributed by atoms with Crippen LogP contribution in [0.2, 0.25) is 0 Å². The van der Waals surface area contributed by atoms with E-state index in [2.05, 4.69) is 6.58 Å². The van der Waals surface area contributed by atoms with Gasteiger partial charge in [0, 0.05) is 19.2 Å². The van der Waals surface area contributed by atoms with Gasteiger partial charge >= 0.3 is 5.97 Å². The van der Waals surface area contributed by atoms with Gasteiger partial charge in [-0.05, 0) is 35.8 Å². The number of rotatable bonds is 7. The molecule has 0 fully saturated rings. The summed E-state index contributed by atoms with van der Waals surface area (Å²) in [4.78, 5) is 23.1. The van der Waals surface area contributed by atoms with E-state index in [9.17, 15) is 19.8 Å². The van der Waals surface area contributed by atoms with Crippen molar-refractivity contribution in [2.75, 3.05) is 0 Å². The summed E-state index contributed by atoms with van der Waals surface area (Å²) < 4.78 is 7.24. The lowest BCUT2D eigenvalue weighted by Gasteiger charge is -2.13. The van der Waals surface area contributed by atoms with E-state index in [0.29, 0.717) is 12.2 Å². The van der Waals surface area contributed by atoms with Crippen molar-refractivity contribution in [2.24, 2.45) is 0 Å². The van der Waals surface area contributed by atoms with Crippen LogP contribution in [-0.2, 0) is 11.3 Å². The Morgan fingerprint density at radius 2 is 2.03 bits per heavy atom. The maximum atomic E-state index is 11.8. The highest BCUT2D eigenvalue weighted by Crippen LogP contribution is 2.26. The molecule has 1 aromatic heterocycles. The van der Waals surface area contributed by atoms with Crippen LogP contribution in [0.15, 0.2) is 96.0 Å². The highest BCUT2D eigenvalue weighted by Gasteiger charge is 2.14. The van der Waals surface area contributed by atoms with Crippen LogP contribution in [0.4, 0.5) is 0 Å². The maximum absolute atomic E-state index is 11.8. The van der Waals surface area contributed by atoms with Crippen LogP contribution >= 0.6 is 0 Å². The van der Waals surface area contributed by atoms with Crippen molar-refractivity contribution in [3.63, 3.8) is 0 Å². The summed E-state index contributed by atoms with van der Waals surface area (Å²) in [5, 5.41) is 19.1. The maximum Gasteiger partial charge on any atom is 0.341 e. The van der Waals surface area contributed by atoms with Crippen LogP contribution in [0.25, 0.3) is 5.57 Å². The molecular weight excluding hydrogens is 394 g/mol. The SMILES string of the molecule is C=C(/C=C\C)OC1=CC=C(c2ccccc2Cn2cc(O)c(=O)c(C(=O)O)c2)C=CC1. The number of carboxylic acid groups (broad SMARTS) is 1. The van der Waals surface area contributed by atoms with E-state index in [-0.39, 0.29) is 6.54 Å². The van der Waals surface area contributed by atoms with Gasteiger partial charge in [-0.2, -0.15) is 0 Å². The Balaban J connectivity index is 1.93. The fourth-order valence-electron chi connectivity index (χ4n) is 3.25. The normalized spacial score (nSPS) is 13.5. The largest absolute Gasteiger partial charge is 0.503 e. The van der Waals surface area contributed by atoms with Crippen molar-refractivity contribution < 1.29 is 19.7 Å². The number of hydrogen-bond donors (Lipinski definition) is 2. The van der Waals surface area contributed by atoms with Gasteiger partial charge in [-0.25, -0.2) is 4.79 Å². The Labute approximate surface area is 180 Å². The molecule has 0 spiro atoms. The predicted octanol–water partition coefficient (Wildman–Crippen LogP) is 4.63. The van der Waals surface area contributed by atoms with Crippen LogP contribution < -0.4 is 5.43 Å². The number of aromatic hydroxyl groups is 1. The van der Waals surface area contributed by atoms with E-state index in [1.807, 2.05) is 61.6 Å². The molecule has 158 valence electrons. The van der Waals surface area contributed by atoms with Gasteiger partial charge in [0.1, 0.15) is 17.1 Å². The molecule has 2 N–H and O–H groups in total. The minimum atomic E-state index is -1.38. The lowest BCUT2D eigenvalue weighted by atomic mass is 9.99. The van der Waals surface area contributed by atoms with Crippen molar-refractivity contribution in [3.8, 4) is 5.75 Å². The summed E-state index contributed by atoms with van der Waals surface area (Å²) in [6, 6.07) is 7.68. The second-order valence-corrected chi connectivity index (χ2v) is 6.95. The molecule has 1 aliphatic rings. The number of nitrogens with zero attached hydrogens (tertiary/aromatic N) is 1. The number of ether oxygens (including phenoxy) is 1. The zero-order chi connectivity index (χ0) is 22.4. The molecule has 0 saturated carbocycles. The van der Waals surface area contributed by atoms with Gasteiger partial charge in [-0.3, -0.25) is 4.79 Å². The quantitative estimate of drug-likeness (QED) is 0.506. The van der Waals surface area contributed by atoms with Gasteiger partial charge in [0.2, 0.25) is 5.43 Å². The van der Waals surface area contributed by atoms with Crippen LogP contribution in [0.5, 0.6) is 5.75 Å². The van der Waals surface area contributed by atoms with Gasteiger partial charge in [0.15, 0.2) is 5.75 Å². The molecule has 3 rings (SSSR count). The zero-order valence-electron chi connectivity index (χ0n) is 17.1. The standard InChI is InChI=1S/C25H23NO5/c1-3-7-17(2)31-20-10-6-9-18(12-13-20)21-11-5-4-8-19(21)14-26-15-22(25(29)30)24(28)23(27)16-26/h3-9,11-13,15-16,27H,2,10,14H2,1H3,(H,29,30)/b7-3-. The summed E-state index contributed by atoms with van der Waals surface area (Å²) in [6.45, 7) is 6.03. The number of pyridine rings is 1. The Kier molecular flexibility index (Phi) is 6.72. The summed E-state index contributed by atoms with van der Waals surface area (Å²) in [5.41, 5.74) is 1.42. The van der Waals surface area contributed by atoms with E-state index < -0.39 is 22.7 Å². The summed E-state index contributed by atoms with van der Waals surface area (Å²) in [5.74, 6) is -0.651. The van der Waals surface area contributed by atoms with Crippen LogP contribution in [0, 0.1) is 0 Å². The van der Waals surface area contributed by atoms with Crippen molar-refractivity contribution in [2.45, 2.75) is 19.9 Å². The third-order valence-corrected chi connectivity index (χ3v) is 4.65. The van der Waals surface area contributed by atoms with Crippen molar-refractivity contribution in [1.29, 1.82) is 0 Å².